The van der Waals surface area contributed by atoms with Crippen molar-refractivity contribution in [2.45, 2.75) is 12.8 Å². The van der Waals surface area contributed by atoms with E-state index < -0.39 is 0 Å². The van der Waals surface area contributed by atoms with Crippen LogP contribution in [0.4, 0.5) is 0 Å². The lowest BCUT2D eigenvalue weighted by Gasteiger charge is -2.21. The van der Waals surface area contributed by atoms with E-state index in [4.69, 9.17) is 0 Å². The normalized spacial score (nSPS) is 27.4. The Hall–Kier alpha value is -1.64. The van der Waals surface area contributed by atoms with Crippen LogP contribution in [0.1, 0.15) is 12.8 Å². The van der Waals surface area contributed by atoms with Crippen LogP contribution < -0.4 is 10.6 Å². The Bertz CT molecular complexity index is 578. The predicted molar refractivity (Wildman–Crippen MR) is 65.9 cm³/mol. The first-order chi connectivity index (χ1) is 8.21. The molecule has 1 aromatic carbocycles. The van der Waals surface area contributed by atoms with Crippen molar-refractivity contribution in [2.24, 2.45) is 10.4 Å². The lowest BCUT2D eigenvalue weighted by atomic mass is 9.82. The van der Waals surface area contributed by atoms with Gasteiger partial charge in [0.2, 0.25) is 5.91 Å². The Balaban J connectivity index is 2.19. The standard InChI is InChI=1S/C14H16N2O/c1-16-9-7-14(13(16)17)6-8-15-12-5-3-2-4-11(12)10-14/h2-5,10H,6-9H2,1H3. The molecule has 3 rings (SSSR count). The lowest BCUT2D eigenvalue weighted by molar-refractivity contribution is -0.132. The monoisotopic (exact) mass is 228 g/mol. The van der Waals surface area contributed by atoms with Crippen molar-refractivity contribution in [3.05, 3.63) is 34.8 Å². The zero-order valence-corrected chi connectivity index (χ0v) is 10.0. The van der Waals surface area contributed by atoms with Crippen LogP contribution in [0.25, 0.3) is 6.08 Å². The SMILES string of the molecule is CN1CCC2(C=c3ccccc3=NCC2)C1=O. The van der Waals surface area contributed by atoms with Crippen molar-refractivity contribution in [3.63, 3.8) is 0 Å². The van der Waals surface area contributed by atoms with E-state index in [0.717, 1.165) is 36.5 Å². The van der Waals surface area contributed by atoms with Gasteiger partial charge in [0.1, 0.15) is 0 Å². The molecule has 1 fully saturated rings. The third kappa shape index (κ3) is 1.57. The summed E-state index contributed by atoms with van der Waals surface area (Å²) < 4.78 is 0. The molecule has 2 heterocycles. The van der Waals surface area contributed by atoms with Gasteiger partial charge in [0, 0.05) is 20.1 Å². The molecule has 0 saturated carbocycles. The van der Waals surface area contributed by atoms with Crippen LogP contribution in [-0.2, 0) is 4.79 Å². The molecule has 1 unspecified atom stereocenters. The van der Waals surface area contributed by atoms with Gasteiger partial charge in [-0.2, -0.15) is 0 Å². The van der Waals surface area contributed by atoms with Crippen molar-refractivity contribution < 1.29 is 4.79 Å². The summed E-state index contributed by atoms with van der Waals surface area (Å²) in [6.45, 7) is 1.60. The fourth-order valence-electron chi connectivity index (χ4n) is 2.82. The summed E-state index contributed by atoms with van der Waals surface area (Å²) in [5, 5.41) is 2.13. The van der Waals surface area contributed by atoms with E-state index in [1.54, 1.807) is 0 Å². The first-order valence-electron chi connectivity index (χ1n) is 6.09. The summed E-state index contributed by atoms with van der Waals surface area (Å²) in [4.78, 5) is 18.7. The van der Waals surface area contributed by atoms with Gasteiger partial charge in [0.15, 0.2) is 0 Å². The quantitative estimate of drug-likeness (QED) is 0.630. The highest BCUT2D eigenvalue weighted by Gasteiger charge is 2.43. The fraction of sp³-hybridized carbons (Fsp3) is 0.429. The Kier molecular flexibility index (Phi) is 2.28. The van der Waals surface area contributed by atoms with Crippen molar-refractivity contribution in [2.75, 3.05) is 20.1 Å². The van der Waals surface area contributed by atoms with Crippen LogP contribution in [0, 0.1) is 5.41 Å². The predicted octanol–water partition coefficient (Wildman–Crippen LogP) is 0.339. The molecule has 3 heteroatoms. The summed E-state index contributed by atoms with van der Waals surface area (Å²) in [5.41, 5.74) is -0.301. The van der Waals surface area contributed by atoms with Crippen LogP contribution in [0.3, 0.4) is 0 Å². The van der Waals surface area contributed by atoms with Gasteiger partial charge in [0.05, 0.1) is 10.8 Å². The molecule has 1 atom stereocenters. The molecule has 0 aromatic heterocycles. The summed E-state index contributed by atoms with van der Waals surface area (Å²) in [7, 11) is 1.89. The number of likely N-dealkylation sites (tertiary alicyclic amines) is 1. The number of hydrogen-bond acceptors (Lipinski definition) is 2. The molecular formula is C14H16N2O. The molecule has 88 valence electrons. The lowest BCUT2D eigenvalue weighted by Crippen LogP contribution is -2.33. The van der Waals surface area contributed by atoms with Gasteiger partial charge in [-0.25, -0.2) is 0 Å². The van der Waals surface area contributed by atoms with Gasteiger partial charge < -0.3 is 4.90 Å². The molecular weight excluding hydrogens is 212 g/mol. The van der Waals surface area contributed by atoms with E-state index in [0.29, 0.717) is 0 Å². The van der Waals surface area contributed by atoms with Gasteiger partial charge in [-0.3, -0.25) is 9.79 Å². The largest absolute Gasteiger partial charge is 0.345 e. The first kappa shape index (κ1) is 10.5. The van der Waals surface area contributed by atoms with Crippen molar-refractivity contribution in [1.82, 2.24) is 4.90 Å². The molecule has 0 bridgehead atoms. The summed E-state index contributed by atoms with van der Waals surface area (Å²) >= 11 is 0. The Morgan fingerprint density at radius 3 is 2.88 bits per heavy atom. The van der Waals surface area contributed by atoms with Crippen molar-refractivity contribution in [1.29, 1.82) is 0 Å². The Morgan fingerprint density at radius 2 is 2.12 bits per heavy atom. The third-order valence-electron chi connectivity index (χ3n) is 3.87. The number of carbonyl (C=O) groups excluding carboxylic acids is 1. The molecule has 3 nitrogen and oxygen atoms in total. The molecule has 0 N–H and O–H groups in total. The average Bonchev–Trinajstić information content (AvgIpc) is 2.55. The van der Waals surface area contributed by atoms with Crippen LogP contribution in [0.5, 0.6) is 0 Å². The van der Waals surface area contributed by atoms with Crippen LogP contribution in [-0.4, -0.2) is 30.9 Å². The second-order valence-corrected chi connectivity index (χ2v) is 4.97. The van der Waals surface area contributed by atoms with Crippen molar-refractivity contribution in [3.8, 4) is 0 Å². The average molecular weight is 228 g/mol. The second-order valence-electron chi connectivity index (χ2n) is 4.97. The zero-order chi connectivity index (χ0) is 11.9. The zero-order valence-electron chi connectivity index (χ0n) is 10.0. The number of rotatable bonds is 0. The number of carbonyl (C=O) groups is 1. The van der Waals surface area contributed by atoms with Crippen LogP contribution in [0.15, 0.2) is 29.3 Å². The van der Waals surface area contributed by atoms with E-state index in [1.807, 2.05) is 30.1 Å². The Morgan fingerprint density at radius 1 is 1.29 bits per heavy atom. The van der Waals surface area contributed by atoms with E-state index in [9.17, 15) is 4.79 Å². The minimum absolute atomic E-state index is 0.254. The number of hydrogen-bond donors (Lipinski definition) is 0. The maximum Gasteiger partial charge on any atom is 0.232 e. The molecule has 1 amide bonds. The molecule has 1 spiro atoms. The smallest absolute Gasteiger partial charge is 0.232 e. The molecule has 1 saturated heterocycles. The van der Waals surface area contributed by atoms with Crippen LogP contribution in [0.2, 0.25) is 0 Å². The van der Waals surface area contributed by atoms with Gasteiger partial charge in [-0.05, 0) is 24.1 Å². The fourth-order valence-corrected chi connectivity index (χ4v) is 2.82. The second kappa shape index (κ2) is 3.69. The molecule has 2 aliphatic rings. The molecule has 1 aromatic rings. The maximum atomic E-state index is 12.3. The van der Waals surface area contributed by atoms with Crippen LogP contribution >= 0.6 is 0 Å². The van der Waals surface area contributed by atoms with Crippen molar-refractivity contribution >= 4 is 12.0 Å². The van der Waals surface area contributed by atoms with E-state index >= 15 is 0 Å². The third-order valence-corrected chi connectivity index (χ3v) is 3.87. The highest BCUT2D eigenvalue weighted by atomic mass is 16.2. The van der Waals surface area contributed by atoms with Gasteiger partial charge in [0.25, 0.3) is 0 Å². The minimum atomic E-state index is -0.301. The van der Waals surface area contributed by atoms with Gasteiger partial charge >= 0.3 is 0 Å². The molecule has 17 heavy (non-hydrogen) atoms. The number of amides is 1. The topological polar surface area (TPSA) is 32.7 Å². The number of para-hydroxylation sites is 1. The minimum Gasteiger partial charge on any atom is -0.345 e. The number of fused-ring (bicyclic) bond motifs is 1. The van der Waals surface area contributed by atoms with E-state index in [1.165, 1.54) is 0 Å². The Labute approximate surface area is 100 Å². The molecule has 2 aliphatic heterocycles. The molecule has 0 aliphatic carbocycles. The molecule has 0 radical (unpaired) electrons. The van der Waals surface area contributed by atoms with Gasteiger partial charge in [-0.15, -0.1) is 0 Å². The number of benzene rings is 1. The van der Waals surface area contributed by atoms with E-state index in [-0.39, 0.29) is 11.3 Å². The highest BCUT2D eigenvalue weighted by Crippen LogP contribution is 2.36. The maximum absolute atomic E-state index is 12.3. The number of nitrogens with zero attached hydrogens (tertiary/aromatic N) is 2. The van der Waals surface area contributed by atoms with E-state index in [2.05, 4.69) is 17.1 Å². The first-order valence-corrected chi connectivity index (χ1v) is 6.09. The summed E-state index contributed by atoms with van der Waals surface area (Å²) in [5.74, 6) is 0.254. The summed E-state index contributed by atoms with van der Waals surface area (Å²) in [6.07, 6.45) is 3.90. The van der Waals surface area contributed by atoms with Gasteiger partial charge in [-0.1, -0.05) is 24.3 Å². The highest BCUT2D eigenvalue weighted by molar-refractivity contribution is 5.90. The summed E-state index contributed by atoms with van der Waals surface area (Å²) in [6, 6.07) is 8.08.